The highest BCUT2D eigenvalue weighted by Crippen LogP contribution is 2.35. The molecule has 2 aromatic carbocycles. The number of allylic oxidation sites excluding steroid dienone is 1. The molecule has 0 saturated carbocycles. The van der Waals surface area contributed by atoms with Gasteiger partial charge in [0.1, 0.15) is 17.2 Å². The van der Waals surface area contributed by atoms with E-state index in [1.54, 1.807) is 51.1 Å². The summed E-state index contributed by atoms with van der Waals surface area (Å²) in [6.45, 7) is 12.2. The van der Waals surface area contributed by atoms with Crippen LogP contribution in [0.4, 0.5) is 0 Å². The zero-order valence-electron chi connectivity index (χ0n) is 21.1. The van der Waals surface area contributed by atoms with E-state index in [1.165, 1.54) is 6.08 Å². The van der Waals surface area contributed by atoms with Crippen molar-refractivity contribution in [3.8, 4) is 17.2 Å². The van der Waals surface area contributed by atoms with Crippen LogP contribution in [0.15, 0.2) is 42.5 Å². The Morgan fingerprint density at radius 1 is 0.882 bits per heavy atom. The molecule has 0 aliphatic rings. The van der Waals surface area contributed by atoms with Gasteiger partial charge in [0.05, 0.1) is 24.2 Å². The second kappa shape index (κ2) is 12.8. The average Bonchev–Trinajstić information content (AvgIpc) is 2.80. The molecule has 34 heavy (non-hydrogen) atoms. The average molecular weight is 469 g/mol. The smallest absolute Gasteiger partial charge is 0.314 e. The Kier molecular flexibility index (Phi) is 10.2. The van der Waals surface area contributed by atoms with E-state index in [-0.39, 0.29) is 18.5 Å². The third kappa shape index (κ3) is 7.65. The van der Waals surface area contributed by atoms with Gasteiger partial charge in [0.25, 0.3) is 0 Å². The van der Waals surface area contributed by atoms with Gasteiger partial charge in [0, 0.05) is 5.56 Å². The molecule has 0 fully saturated rings. The highest BCUT2D eigenvalue weighted by atomic mass is 16.7. The molecule has 2 rings (SSSR count). The molecule has 6 heteroatoms. The second-order valence-corrected chi connectivity index (χ2v) is 8.75. The third-order valence-corrected chi connectivity index (χ3v) is 4.91. The van der Waals surface area contributed by atoms with Gasteiger partial charge in [-0.25, -0.2) is 0 Å². The van der Waals surface area contributed by atoms with Gasteiger partial charge in [0.2, 0.25) is 6.79 Å². The standard InChI is InChI=1S/C28H36O6/c1-7-10-21-13-18-25(31-8-2)23(26(21)32-9-3)16-17-24(29)20-11-14-22(15-12-20)33-19-34-27(30)28(4,5)6/h11-18H,7-10,19H2,1-6H3/b17-16+. The topological polar surface area (TPSA) is 71.1 Å². The minimum atomic E-state index is -0.591. The molecule has 0 aliphatic carbocycles. The fourth-order valence-corrected chi connectivity index (χ4v) is 3.18. The Morgan fingerprint density at radius 2 is 1.56 bits per heavy atom. The van der Waals surface area contributed by atoms with Crippen molar-refractivity contribution in [2.24, 2.45) is 5.41 Å². The lowest BCUT2D eigenvalue weighted by molar-refractivity contribution is -0.159. The molecule has 2 aromatic rings. The van der Waals surface area contributed by atoms with Crippen LogP contribution in [-0.2, 0) is 16.0 Å². The maximum Gasteiger partial charge on any atom is 0.314 e. The molecule has 184 valence electrons. The van der Waals surface area contributed by atoms with Crippen LogP contribution in [0.2, 0.25) is 0 Å². The maximum atomic E-state index is 12.8. The van der Waals surface area contributed by atoms with Crippen LogP contribution in [0, 0.1) is 5.41 Å². The minimum Gasteiger partial charge on any atom is -0.493 e. The van der Waals surface area contributed by atoms with Gasteiger partial charge < -0.3 is 18.9 Å². The van der Waals surface area contributed by atoms with E-state index in [1.807, 2.05) is 26.0 Å². The molecule has 0 heterocycles. The molecule has 0 spiro atoms. The van der Waals surface area contributed by atoms with E-state index in [9.17, 15) is 9.59 Å². The monoisotopic (exact) mass is 468 g/mol. The molecule has 0 saturated heterocycles. The molecule has 0 aromatic heterocycles. The van der Waals surface area contributed by atoms with Gasteiger partial charge in [-0.1, -0.05) is 19.4 Å². The summed E-state index contributed by atoms with van der Waals surface area (Å²) in [7, 11) is 0. The van der Waals surface area contributed by atoms with Gasteiger partial charge >= 0.3 is 5.97 Å². The summed E-state index contributed by atoms with van der Waals surface area (Å²) in [4.78, 5) is 24.6. The first-order chi connectivity index (χ1) is 16.2. The summed E-state index contributed by atoms with van der Waals surface area (Å²) >= 11 is 0. The van der Waals surface area contributed by atoms with Crippen molar-refractivity contribution in [1.29, 1.82) is 0 Å². The Labute approximate surface area is 202 Å². The van der Waals surface area contributed by atoms with Crippen molar-refractivity contribution in [2.75, 3.05) is 20.0 Å². The molecule has 0 bridgehead atoms. The van der Waals surface area contributed by atoms with Gasteiger partial charge in [0.15, 0.2) is 5.78 Å². The normalized spacial score (nSPS) is 11.4. The zero-order valence-corrected chi connectivity index (χ0v) is 21.1. The number of rotatable bonds is 12. The number of esters is 1. The Balaban J connectivity index is 2.15. The lowest BCUT2D eigenvalue weighted by Gasteiger charge is -2.17. The number of hydrogen-bond acceptors (Lipinski definition) is 6. The highest BCUT2D eigenvalue weighted by Gasteiger charge is 2.23. The first-order valence-electron chi connectivity index (χ1n) is 11.7. The number of benzene rings is 2. The number of aryl methyl sites for hydroxylation is 1. The molecule has 0 atom stereocenters. The molecule has 0 aliphatic heterocycles. The molecule has 6 nitrogen and oxygen atoms in total. The van der Waals surface area contributed by atoms with E-state index >= 15 is 0 Å². The molecule has 0 radical (unpaired) electrons. The van der Waals surface area contributed by atoms with Crippen LogP contribution in [0.5, 0.6) is 17.2 Å². The van der Waals surface area contributed by atoms with Crippen molar-refractivity contribution < 1.29 is 28.5 Å². The summed E-state index contributed by atoms with van der Waals surface area (Å²) in [5.41, 5.74) is 1.78. The summed E-state index contributed by atoms with van der Waals surface area (Å²) < 4.78 is 22.3. The van der Waals surface area contributed by atoms with Gasteiger partial charge in [-0.3, -0.25) is 9.59 Å². The Morgan fingerprint density at radius 3 is 2.15 bits per heavy atom. The first-order valence-corrected chi connectivity index (χ1v) is 11.7. The quantitative estimate of drug-likeness (QED) is 0.158. The number of ketones is 1. The van der Waals surface area contributed by atoms with E-state index in [4.69, 9.17) is 18.9 Å². The predicted octanol–water partition coefficient (Wildman–Crippen LogP) is 6.26. The number of ether oxygens (including phenoxy) is 4. The second-order valence-electron chi connectivity index (χ2n) is 8.75. The highest BCUT2D eigenvalue weighted by molar-refractivity contribution is 6.07. The third-order valence-electron chi connectivity index (χ3n) is 4.91. The first kappa shape index (κ1) is 27.0. The number of carbonyl (C=O) groups excluding carboxylic acids is 2. The number of hydrogen-bond donors (Lipinski definition) is 0. The predicted molar refractivity (Wildman–Crippen MR) is 134 cm³/mol. The van der Waals surface area contributed by atoms with Crippen molar-refractivity contribution in [2.45, 2.75) is 54.4 Å². The van der Waals surface area contributed by atoms with Gasteiger partial charge in [-0.15, -0.1) is 0 Å². The lowest BCUT2D eigenvalue weighted by Crippen LogP contribution is -2.24. The van der Waals surface area contributed by atoms with Crippen molar-refractivity contribution in [1.82, 2.24) is 0 Å². The molecular weight excluding hydrogens is 432 g/mol. The molecule has 0 N–H and O–H groups in total. The maximum absolute atomic E-state index is 12.8. The Hall–Kier alpha value is -3.28. The Bertz CT molecular complexity index is 983. The zero-order chi connectivity index (χ0) is 25.1. The van der Waals surface area contributed by atoms with Crippen molar-refractivity contribution in [3.63, 3.8) is 0 Å². The fraction of sp³-hybridized carbons (Fsp3) is 0.429. The SMILES string of the molecule is CCCc1ccc(OCC)c(/C=C/C(=O)c2ccc(OCOC(=O)C(C)(C)C)cc2)c1OCC. The lowest BCUT2D eigenvalue weighted by atomic mass is 9.98. The minimum absolute atomic E-state index is 0.156. The number of carbonyl (C=O) groups is 2. The fourth-order valence-electron chi connectivity index (χ4n) is 3.18. The van der Waals surface area contributed by atoms with Gasteiger partial charge in [-0.05, 0) is 89.1 Å². The van der Waals surface area contributed by atoms with Crippen LogP contribution in [0.25, 0.3) is 6.08 Å². The van der Waals surface area contributed by atoms with Crippen LogP contribution < -0.4 is 14.2 Å². The largest absolute Gasteiger partial charge is 0.493 e. The van der Waals surface area contributed by atoms with E-state index in [0.717, 1.165) is 29.7 Å². The molecular formula is C28H36O6. The van der Waals surface area contributed by atoms with Crippen LogP contribution >= 0.6 is 0 Å². The van der Waals surface area contributed by atoms with E-state index in [2.05, 4.69) is 6.92 Å². The van der Waals surface area contributed by atoms with E-state index < -0.39 is 5.41 Å². The van der Waals surface area contributed by atoms with Crippen molar-refractivity contribution >= 4 is 17.8 Å². The van der Waals surface area contributed by atoms with Crippen LogP contribution in [0.1, 0.15) is 69.4 Å². The summed E-state index contributed by atoms with van der Waals surface area (Å²) in [6.07, 6.45) is 5.15. The molecule has 0 unspecified atom stereocenters. The van der Waals surface area contributed by atoms with Crippen LogP contribution in [0.3, 0.4) is 0 Å². The van der Waals surface area contributed by atoms with Gasteiger partial charge in [-0.2, -0.15) is 0 Å². The van der Waals surface area contributed by atoms with Crippen LogP contribution in [-0.4, -0.2) is 31.8 Å². The summed E-state index contributed by atoms with van der Waals surface area (Å²) in [5, 5.41) is 0. The summed E-state index contributed by atoms with van der Waals surface area (Å²) in [6, 6.07) is 10.6. The van der Waals surface area contributed by atoms with Crippen molar-refractivity contribution in [3.05, 3.63) is 59.2 Å². The van der Waals surface area contributed by atoms with E-state index in [0.29, 0.717) is 30.3 Å². The summed E-state index contributed by atoms with van der Waals surface area (Å²) in [5.74, 6) is 1.45. The molecule has 0 amide bonds.